The van der Waals surface area contributed by atoms with Crippen molar-refractivity contribution in [3.63, 3.8) is 0 Å². The number of hydrogen-bond acceptors (Lipinski definition) is 3. The number of alkyl halides is 3. The van der Waals surface area contributed by atoms with Crippen molar-refractivity contribution in [3.8, 4) is 0 Å². The lowest BCUT2D eigenvalue weighted by Crippen LogP contribution is -2.26. The SMILES string of the molecule is Cc1c(Cc2ccc3c(c2)C(F)C(F)(F)S3(=O)=O)c2cc(F)ccc2n1CC(=O)O. The van der Waals surface area contributed by atoms with E-state index < -0.39 is 43.5 Å². The van der Waals surface area contributed by atoms with Gasteiger partial charge in [-0.05, 0) is 48.7 Å². The summed E-state index contributed by atoms with van der Waals surface area (Å²) in [6.45, 7) is 1.27. The molecule has 1 atom stereocenters. The van der Waals surface area contributed by atoms with E-state index >= 15 is 0 Å². The van der Waals surface area contributed by atoms with E-state index in [1.165, 1.54) is 28.8 Å². The Labute approximate surface area is 168 Å². The van der Waals surface area contributed by atoms with Gasteiger partial charge in [-0.15, -0.1) is 0 Å². The Balaban J connectivity index is 1.84. The molecule has 0 aliphatic carbocycles. The molecule has 0 saturated heterocycles. The zero-order chi connectivity index (χ0) is 22.0. The highest BCUT2D eigenvalue weighted by Gasteiger charge is 2.61. The highest BCUT2D eigenvalue weighted by atomic mass is 32.2. The molecule has 1 N–H and O–H groups in total. The van der Waals surface area contributed by atoms with Gasteiger partial charge in [-0.2, -0.15) is 8.78 Å². The zero-order valence-electron chi connectivity index (χ0n) is 15.5. The van der Waals surface area contributed by atoms with Crippen molar-refractivity contribution >= 4 is 26.7 Å². The van der Waals surface area contributed by atoms with E-state index in [1.807, 2.05) is 0 Å². The normalized spacial score (nSPS) is 19.2. The molecule has 2 aromatic carbocycles. The quantitative estimate of drug-likeness (QED) is 0.617. The summed E-state index contributed by atoms with van der Waals surface area (Å²) in [4.78, 5) is 10.5. The number of benzene rings is 2. The summed E-state index contributed by atoms with van der Waals surface area (Å²) in [5, 5.41) is 5.07. The van der Waals surface area contributed by atoms with Crippen molar-refractivity contribution in [2.75, 3.05) is 0 Å². The molecule has 0 bridgehead atoms. The molecule has 1 aliphatic rings. The van der Waals surface area contributed by atoms with Crippen LogP contribution in [0.3, 0.4) is 0 Å². The average molecular weight is 441 g/mol. The molecule has 2 heterocycles. The van der Waals surface area contributed by atoms with Gasteiger partial charge in [0.2, 0.25) is 16.0 Å². The Morgan fingerprint density at radius 2 is 1.90 bits per heavy atom. The van der Waals surface area contributed by atoms with Crippen LogP contribution < -0.4 is 0 Å². The fraction of sp³-hybridized carbons (Fsp3) is 0.250. The van der Waals surface area contributed by atoms with E-state index in [4.69, 9.17) is 0 Å². The van der Waals surface area contributed by atoms with Crippen LogP contribution in [0.5, 0.6) is 0 Å². The summed E-state index contributed by atoms with van der Waals surface area (Å²) in [5.74, 6) is -1.64. The van der Waals surface area contributed by atoms with Crippen LogP contribution in [0.25, 0.3) is 10.9 Å². The third-order valence-corrected chi connectivity index (χ3v) is 7.25. The first-order valence-electron chi connectivity index (χ1n) is 8.83. The third kappa shape index (κ3) is 2.81. The van der Waals surface area contributed by atoms with Crippen LogP contribution in [0, 0.1) is 12.7 Å². The Hall–Kier alpha value is -2.88. The number of aliphatic carboxylic acids is 1. The first-order chi connectivity index (χ1) is 13.9. The molecule has 0 saturated carbocycles. The van der Waals surface area contributed by atoms with Crippen LogP contribution in [-0.2, 0) is 27.6 Å². The van der Waals surface area contributed by atoms with Crippen LogP contribution >= 0.6 is 0 Å². The predicted molar refractivity (Wildman–Crippen MR) is 99.5 cm³/mol. The van der Waals surface area contributed by atoms with Gasteiger partial charge in [0, 0.05) is 22.2 Å². The lowest BCUT2D eigenvalue weighted by molar-refractivity contribution is -0.137. The Bertz CT molecular complexity index is 1310. The van der Waals surface area contributed by atoms with Gasteiger partial charge in [-0.3, -0.25) is 4.79 Å². The molecule has 0 fully saturated rings. The number of aromatic nitrogens is 1. The van der Waals surface area contributed by atoms with Crippen LogP contribution in [0.2, 0.25) is 0 Å². The first-order valence-corrected chi connectivity index (χ1v) is 10.3. The molecule has 30 heavy (non-hydrogen) atoms. The summed E-state index contributed by atoms with van der Waals surface area (Å²) >= 11 is 0. The Morgan fingerprint density at radius 1 is 1.20 bits per heavy atom. The van der Waals surface area contributed by atoms with Crippen LogP contribution in [0.1, 0.15) is 28.6 Å². The van der Waals surface area contributed by atoms with Gasteiger partial charge in [0.25, 0.3) is 0 Å². The molecule has 0 amide bonds. The monoisotopic (exact) mass is 441 g/mol. The second-order valence-corrected chi connectivity index (χ2v) is 9.17. The number of carboxylic acid groups (broad SMARTS) is 1. The van der Waals surface area contributed by atoms with Gasteiger partial charge in [-0.1, -0.05) is 12.1 Å². The number of hydrogen-bond donors (Lipinski definition) is 1. The van der Waals surface area contributed by atoms with Gasteiger partial charge in [0.1, 0.15) is 12.4 Å². The van der Waals surface area contributed by atoms with Crippen LogP contribution in [0.15, 0.2) is 41.3 Å². The standard InChI is InChI=1S/C20H15F4NO4S/c1-10-13(14-8-12(21)3-4-16(14)25(10)9-18(26)27)6-11-2-5-17-15(7-11)19(22)20(23,24)30(17,28)29/h2-5,7-8,19H,6,9H2,1H3,(H,26,27). The molecule has 1 aromatic heterocycles. The molecular formula is C20H15F4NO4S. The maximum absolute atomic E-state index is 14.2. The number of sulfone groups is 1. The average Bonchev–Trinajstić information content (AvgIpc) is 2.98. The number of halogens is 4. The van der Waals surface area contributed by atoms with Crippen LogP contribution in [0.4, 0.5) is 17.6 Å². The molecule has 0 radical (unpaired) electrons. The molecule has 4 rings (SSSR count). The minimum atomic E-state index is -5.11. The maximum Gasteiger partial charge on any atom is 0.384 e. The van der Waals surface area contributed by atoms with Crippen molar-refractivity contribution in [1.82, 2.24) is 4.57 Å². The molecule has 1 unspecified atom stereocenters. The van der Waals surface area contributed by atoms with E-state index in [-0.39, 0.29) is 13.0 Å². The fourth-order valence-corrected chi connectivity index (χ4v) is 5.32. The molecule has 1 aliphatic heterocycles. The van der Waals surface area contributed by atoms with Crippen molar-refractivity contribution < 1.29 is 35.9 Å². The first kappa shape index (κ1) is 20.4. The number of carboxylic acids is 1. The summed E-state index contributed by atoms with van der Waals surface area (Å²) in [6.07, 6.45) is -2.94. The zero-order valence-corrected chi connectivity index (χ0v) is 16.3. The van der Waals surface area contributed by atoms with Gasteiger partial charge in [0.05, 0.1) is 4.90 Å². The number of fused-ring (bicyclic) bond motifs is 2. The fourth-order valence-electron chi connectivity index (χ4n) is 3.90. The second kappa shape index (κ2) is 6.56. The Kier molecular flexibility index (Phi) is 4.46. The van der Waals surface area contributed by atoms with E-state index in [1.54, 1.807) is 6.92 Å². The van der Waals surface area contributed by atoms with E-state index in [0.717, 1.165) is 12.1 Å². The summed E-state index contributed by atoms with van der Waals surface area (Å²) in [7, 11) is -5.11. The van der Waals surface area contributed by atoms with E-state index in [9.17, 15) is 35.9 Å². The predicted octanol–water partition coefficient (Wildman–Crippen LogP) is 4.15. The number of carbonyl (C=O) groups is 1. The molecule has 10 heteroatoms. The number of nitrogens with zero attached hydrogens (tertiary/aromatic N) is 1. The van der Waals surface area contributed by atoms with Gasteiger partial charge >= 0.3 is 11.2 Å². The van der Waals surface area contributed by atoms with E-state index in [2.05, 4.69) is 0 Å². The highest BCUT2D eigenvalue weighted by Crippen LogP contribution is 2.51. The second-order valence-electron chi connectivity index (χ2n) is 7.18. The lowest BCUT2D eigenvalue weighted by Gasteiger charge is -2.10. The largest absolute Gasteiger partial charge is 0.480 e. The van der Waals surface area contributed by atoms with E-state index in [0.29, 0.717) is 27.7 Å². The summed E-state index contributed by atoms with van der Waals surface area (Å²) in [5.41, 5.74) is 1.26. The van der Waals surface area contributed by atoms with Gasteiger partial charge in [-0.25, -0.2) is 17.2 Å². The van der Waals surface area contributed by atoms with Crippen molar-refractivity contribution in [2.24, 2.45) is 0 Å². The smallest absolute Gasteiger partial charge is 0.384 e. The molecule has 5 nitrogen and oxygen atoms in total. The molecular weight excluding hydrogens is 426 g/mol. The lowest BCUT2D eigenvalue weighted by atomic mass is 9.99. The summed E-state index contributed by atoms with van der Waals surface area (Å²) < 4.78 is 80.9. The third-order valence-electron chi connectivity index (χ3n) is 5.38. The summed E-state index contributed by atoms with van der Waals surface area (Å²) in [6, 6.07) is 7.18. The van der Waals surface area contributed by atoms with Gasteiger partial charge < -0.3 is 9.67 Å². The molecule has 158 valence electrons. The number of rotatable bonds is 4. The molecule has 0 spiro atoms. The highest BCUT2D eigenvalue weighted by molar-refractivity contribution is 7.92. The van der Waals surface area contributed by atoms with Crippen LogP contribution in [-0.4, -0.2) is 29.3 Å². The minimum Gasteiger partial charge on any atom is -0.480 e. The Morgan fingerprint density at radius 3 is 2.57 bits per heavy atom. The maximum atomic E-state index is 14.2. The topological polar surface area (TPSA) is 76.4 Å². The van der Waals surface area contributed by atoms with Crippen molar-refractivity contribution in [3.05, 3.63) is 64.6 Å². The minimum absolute atomic E-state index is 0.0457. The molecule has 3 aromatic rings. The van der Waals surface area contributed by atoms with Crippen molar-refractivity contribution in [2.45, 2.75) is 36.2 Å². The van der Waals surface area contributed by atoms with Gasteiger partial charge in [0.15, 0.2) is 0 Å². The van der Waals surface area contributed by atoms with Crippen molar-refractivity contribution in [1.29, 1.82) is 0 Å².